The second-order valence-corrected chi connectivity index (χ2v) is 5.65. The van der Waals surface area contributed by atoms with E-state index in [1.807, 2.05) is 38.4 Å². The van der Waals surface area contributed by atoms with E-state index in [2.05, 4.69) is 24.8 Å². The SMILES string of the molecule is Cc1nccc(CC2COCCN(c3ccnc(C)n3)C2)n1. The zero-order chi connectivity index (χ0) is 15.4. The van der Waals surface area contributed by atoms with Crippen LogP contribution in [0.25, 0.3) is 0 Å². The number of hydrogen-bond acceptors (Lipinski definition) is 6. The van der Waals surface area contributed by atoms with Crippen molar-refractivity contribution in [1.82, 2.24) is 19.9 Å². The minimum absolute atomic E-state index is 0.395. The largest absolute Gasteiger partial charge is 0.379 e. The van der Waals surface area contributed by atoms with Gasteiger partial charge in [-0.3, -0.25) is 0 Å². The zero-order valence-corrected chi connectivity index (χ0v) is 13.1. The molecule has 1 fully saturated rings. The molecule has 1 saturated heterocycles. The Morgan fingerprint density at radius 3 is 2.68 bits per heavy atom. The Balaban J connectivity index is 1.72. The molecule has 22 heavy (non-hydrogen) atoms. The van der Waals surface area contributed by atoms with Crippen molar-refractivity contribution in [2.24, 2.45) is 5.92 Å². The third-order valence-electron chi connectivity index (χ3n) is 3.75. The van der Waals surface area contributed by atoms with Crippen LogP contribution in [0, 0.1) is 19.8 Å². The molecular formula is C16H21N5O. The molecule has 0 saturated carbocycles. The fourth-order valence-corrected chi connectivity index (χ4v) is 2.75. The van der Waals surface area contributed by atoms with Crippen molar-refractivity contribution in [2.45, 2.75) is 20.3 Å². The fraction of sp³-hybridized carbons (Fsp3) is 0.500. The van der Waals surface area contributed by atoms with Crippen molar-refractivity contribution >= 4 is 5.82 Å². The van der Waals surface area contributed by atoms with E-state index in [4.69, 9.17) is 4.74 Å². The number of nitrogens with zero attached hydrogens (tertiary/aromatic N) is 5. The molecular weight excluding hydrogens is 278 g/mol. The lowest BCUT2D eigenvalue weighted by molar-refractivity contribution is 0.123. The maximum atomic E-state index is 5.76. The fourth-order valence-electron chi connectivity index (χ4n) is 2.75. The van der Waals surface area contributed by atoms with Gasteiger partial charge in [0, 0.05) is 37.1 Å². The Morgan fingerprint density at radius 1 is 1.14 bits per heavy atom. The Bertz CT molecular complexity index is 633. The smallest absolute Gasteiger partial charge is 0.132 e. The van der Waals surface area contributed by atoms with Crippen molar-refractivity contribution in [3.05, 3.63) is 41.9 Å². The Hall–Kier alpha value is -2.08. The molecule has 3 rings (SSSR count). The van der Waals surface area contributed by atoms with E-state index >= 15 is 0 Å². The van der Waals surface area contributed by atoms with Gasteiger partial charge in [-0.15, -0.1) is 0 Å². The van der Waals surface area contributed by atoms with Crippen LogP contribution in [0.5, 0.6) is 0 Å². The lowest BCUT2D eigenvalue weighted by atomic mass is 10.0. The summed E-state index contributed by atoms with van der Waals surface area (Å²) in [6.45, 7) is 7.09. The molecule has 1 aliphatic rings. The van der Waals surface area contributed by atoms with E-state index in [-0.39, 0.29) is 0 Å². The summed E-state index contributed by atoms with van der Waals surface area (Å²) in [6.07, 6.45) is 4.52. The van der Waals surface area contributed by atoms with Crippen LogP contribution in [0.3, 0.4) is 0 Å². The molecule has 0 spiro atoms. The van der Waals surface area contributed by atoms with E-state index < -0.39 is 0 Å². The first kappa shape index (κ1) is 14.8. The van der Waals surface area contributed by atoms with Gasteiger partial charge in [0.1, 0.15) is 17.5 Å². The average molecular weight is 299 g/mol. The van der Waals surface area contributed by atoms with Gasteiger partial charge in [0.2, 0.25) is 0 Å². The molecule has 0 bridgehead atoms. The van der Waals surface area contributed by atoms with Crippen molar-refractivity contribution in [2.75, 3.05) is 31.2 Å². The van der Waals surface area contributed by atoms with Crippen LogP contribution >= 0.6 is 0 Å². The van der Waals surface area contributed by atoms with E-state index in [0.29, 0.717) is 5.92 Å². The van der Waals surface area contributed by atoms with E-state index in [9.17, 15) is 0 Å². The first-order valence-corrected chi connectivity index (χ1v) is 7.61. The molecule has 0 amide bonds. The van der Waals surface area contributed by atoms with Crippen molar-refractivity contribution in [3.63, 3.8) is 0 Å². The van der Waals surface area contributed by atoms with Crippen LogP contribution in [0.4, 0.5) is 5.82 Å². The van der Waals surface area contributed by atoms with Gasteiger partial charge in [0.15, 0.2) is 0 Å². The maximum absolute atomic E-state index is 5.76. The third kappa shape index (κ3) is 3.76. The Kier molecular flexibility index (Phi) is 4.58. The summed E-state index contributed by atoms with van der Waals surface area (Å²) < 4.78 is 5.76. The van der Waals surface area contributed by atoms with E-state index in [1.54, 1.807) is 0 Å². The number of ether oxygens (including phenoxy) is 1. The number of aryl methyl sites for hydroxylation is 2. The highest BCUT2D eigenvalue weighted by atomic mass is 16.5. The third-order valence-corrected chi connectivity index (χ3v) is 3.75. The Morgan fingerprint density at radius 2 is 1.91 bits per heavy atom. The standard InChI is InChI=1S/C16H21N5O/c1-12-17-5-3-15(19-12)9-14-10-21(7-8-22-11-14)16-4-6-18-13(2)20-16/h3-6,14H,7-11H2,1-2H3. The van der Waals surface area contributed by atoms with Crippen LogP contribution in [-0.2, 0) is 11.2 Å². The second-order valence-electron chi connectivity index (χ2n) is 5.65. The molecule has 0 aromatic carbocycles. The summed E-state index contributed by atoms with van der Waals surface area (Å²) in [5, 5.41) is 0. The molecule has 2 aromatic heterocycles. The molecule has 0 radical (unpaired) electrons. The zero-order valence-electron chi connectivity index (χ0n) is 13.1. The van der Waals surface area contributed by atoms with Gasteiger partial charge in [-0.05, 0) is 32.4 Å². The summed E-state index contributed by atoms with van der Waals surface area (Å²) in [4.78, 5) is 19.6. The molecule has 2 aromatic rings. The van der Waals surface area contributed by atoms with Crippen molar-refractivity contribution in [3.8, 4) is 0 Å². The minimum Gasteiger partial charge on any atom is -0.379 e. The lowest BCUT2D eigenvalue weighted by Crippen LogP contribution is -2.31. The van der Waals surface area contributed by atoms with Gasteiger partial charge in [0.05, 0.1) is 13.2 Å². The number of aromatic nitrogens is 4. The highest BCUT2D eigenvalue weighted by Gasteiger charge is 2.20. The van der Waals surface area contributed by atoms with E-state index in [0.717, 1.165) is 55.9 Å². The molecule has 1 unspecified atom stereocenters. The highest BCUT2D eigenvalue weighted by molar-refractivity contribution is 5.37. The second kappa shape index (κ2) is 6.79. The van der Waals surface area contributed by atoms with E-state index in [1.165, 1.54) is 0 Å². The van der Waals surface area contributed by atoms with Crippen LogP contribution in [0.1, 0.15) is 17.3 Å². The molecule has 116 valence electrons. The van der Waals surface area contributed by atoms with Gasteiger partial charge in [-0.25, -0.2) is 19.9 Å². The molecule has 1 atom stereocenters. The minimum atomic E-state index is 0.395. The molecule has 6 nitrogen and oxygen atoms in total. The monoisotopic (exact) mass is 299 g/mol. The van der Waals surface area contributed by atoms with Crippen LogP contribution < -0.4 is 4.90 Å². The number of hydrogen-bond donors (Lipinski definition) is 0. The first-order chi connectivity index (χ1) is 10.7. The summed E-state index contributed by atoms with van der Waals surface area (Å²) in [6, 6.07) is 3.95. The predicted molar refractivity (Wildman–Crippen MR) is 83.8 cm³/mol. The van der Waals surface area contributed by atoms with Crippen LogP contribution in [-0.4, -0.2) is 46.2 Å². The summed E-state index contributed by atoms with van der Waals surface area (Å²) >= 11 is 0. The lowest BCUT2D eigenvalue weighted by Gasteiger charge is -2.24. The quantitative estimate of drug-likeness (QED) is 0.857. The summed E-state index contributed by atoms with van der Waals surface area (Å²) in [7, 11) is 0. The van der Waals surface area contributed by atoms with Gasteiger partial charge in [0.25, 0.3) is 0 Å². The topological polar surface area (TPSA) is 64.0 Å². The van der Waals surface area contributed by atoms with Crippen LogP contribution in [0.15, 0.2) is 24.5 Å². The molecule has 3 heterocycles. The maximum Gasteiger partial charge on any atom is 0.132 e. The normalized spacial score (nSPS) is 19.0. The molecule has 6 heteroatoms. The number of rotatable bonds is 3. The van der Waals surface area contributed by atoms with Crippen molar-refractivity contribution in [1.29, 1.82) is 0 Å². The Labute approximate surface area is 130 Å². The van der Waals surface area contributed by atoms with Gasteiger partial charge < -0.3 is 9.64 Å². The molecule has 1 aliphatic heterocycles. The molecule has 0 aliphatic carbocycles. The van der Waals surface area contributed by atoms with Gasteiger partial charge in [-0.2, -0.15) is 0 Å². The summed E-state index contributed by atoms with van der Waals surface area (Å²) in [5.74, 6) is 2.98. The van der Waals surface area contributed by atoms with Crippen molar-refractivity contribution < 1.29 is 4.74 Å². The summed E-state index contributed by atoms with van der Waals surface area (Å²) in [5.41, 5.74) is 1.07. The highest BCUT2D eigenvalue weighted by Crippen LogP contribution is 2.17. The first-order valence-electron chi connectivity index (χ1n) is 7.61. The predicted octanol–water partition coefficient (Wildman–Crippen LogP) is 1.58. The van der Waals surface area contributed by atoms with Crippen LogP contribution in [0.2, 0.25) is 0 Å². The van der Waals surface area contributed by atoms with Gasteiger partial charge in [-0.1, -0.05) is 0 Å². The van der Waals surface area contributed by atoms with Gasteiger partial charge >= 0.3 is 0 Å². The number of anilines is 1. The molecule has 0 N–H and O–H groups in total. The average Bonchev–Trinajstić information content (AvgIpc) is 2.73.